The molecule has 0 aliphatic rings. The van der Waals surface area contributed by atoms with Crippen LogP contribution in [0.4, 0.5) is 0 Å². The average Bonchev–Trinajstić information content (AvgIpc) is 2.53. The van der Waals surface area contributed by atoms with Crippen LogP contribution in [0.2, 0.25) is 0 Å². The Bertz CT molecular complexity index is 680. The number of allylic oxidation sites excluding steroid dienone is 2. The highest BCUT2D eigenvalue weighted by molar-refractivity contribution is 6.04. The lowest BCUT2D eigenvalue weighted by Gasteiger charge is -2.11. The van der Waals surface area contributed by atoms with E-state index in [0.29, 0.717) is 11.1 Å². The van der Waals surface area contributed by atoms with E-state index in [2.05, 4.69) is 13.2 Å². The fourth-order valence-electron chi connectivity index (χ4n) is 2.16. The number of hydrogen-bond acceptors (Lipinski definition) is 2. The molecule has 0 amide bonds. The van der Waals surface area contributed by atoms with Gasteiger partial charge in [0.1, 0.15) is 0 Å². The molecule has 0 spiro atoms. The van der Waals surface area contributed by atoms with Gasteiger partial charge in [-0.15, -0.1) is 0 Å². The van der Waals surface area contributed by atoms with Gasteiger partial charge in [0.05, 0.1) is 0 Å². The molecule has 110 valence electrons. The van der Waals surface area contributed by atoms with E-state index >= 15 is 0 Å². The quantitative estimate of drug-likeness (QED) is 0.584. The molecular weight excluding hydrogens is 272 g/mol. The van der Waals surface area contributed by atoms with Gasteiger partial charge in [-0.25, -0.2) is 0 Å². The lowest BCUT2D eigenvalue weighted by atomic mass is 9.93. The zero-order valence-corrected chi connectivity index (χ0v) is 12.8. The summed E-state index contributed by atoms with van der Waals surface area (Å²) in [6, 6.07) is 14.6. The first kappa shape index (κ1) is 15.6. The van der Waals surface area contributed by atoms with Gasteiger partial charge in [-0.3, -0.25) is 9.59 Å². The van der Waals surface area contributed by atoms with Gasteiger partial charge >= 0.3 is 0 Å². The van der Waals surface area contributed by atoms with E-state index in [1.807, 2.05) is 24.3 Å². The maximum absolute atomic E-state index is 11.3. The van der Waals surface area contributed by atoms with Gasteiger partial charge in [0.15, 0.2) is 11.6 Å². The molecule has 0 saturated carbocycles. The normalized spacial score (nSPS) is 10.1. The van der Waals surface area contributed by atoms with Crippen LogP contribution >= 0.6 is 0 Å². The summed E-state index contributed by atoms with van der Waals surface area (Å²) in [6.07, 6.45) is 0. The minimum absolute atomic E-state index is 0.0378. The van der Waals surface area contributed by atoms with Crippen molar-refractivity contribution in [2.75, 3.05) is 0 Å². The monoisotopic (exact) mass is 290 g/mol. The van der Waals surface area contributed by atoms with Crippen molar-refractivity contribution in [1.29, 1.82) is 0 Å². The van der Waals surface area contributed by atoms with Crippen molar-refractivity contribution in [2.45, 2.75) is 13.8 Å². The molecule has 0 fully saturated rings. The van der Waals surface area contributed by atoms with Crippen LogP contribution in [-0.2, 0) is 0 Å². The summed E-state index contributed by atoms with van der Waals surface area (Å²) in [5.74, 6) is 0.0756. The van der Waals surface area contributed by atoms with Crippen LogP contribution in [0.1, 0.15) is 45.7 Å². The van der Waals surface area contributed by atoms with E-state index in [1.54, 1.807) is 38.1 Å². The van der Waals surface area contributed by atoms with Crippen molar-refractivity contribution in [2.24, 2.45) is 0 Å². The van der Waals surface area contributed by atoms with Crippen LogP contribution < -0.4 is 0 Å². The van der Waals surface area contributed by atoms with Crippen LogP contribution in [-0.4, -0.2) is 11.6 Å². The molecule has 22 heavy (non-hydrogen) atoms. The van der Waals surface area contributed by atoms with E-state index in [1.165, 1.54) is 0 Å². The van der Waals surface area contributed by atoms with Gasteiger partial charge in [0, 0.05) is 11.1 Å². The molecule has 0 saturated heterocycles. The number of ketones is 2. The summed E-state index contributed by atoms with van der Waals surface area (Å²) in [6.45, 7) is 11.2. The second kappa shape index (κ2) is 6.35. The predicted molar refractivity (Wildman–Crippen MR) is 91.0 cm³/mol. The number of carbonyl (C=O) groups excluding carboxylic acids is 2. The van der Waals surface area contributed by atoms with Crippen molar-refractivity contribution in [3.8, 4) is 0 Å². The highest BCUT2D eigenvalue weighted by Crippen LogP contribution is 2.28. The highest BCUT2D eigenvalue weighted by Gasteiger charge is 2.08. The number of Topliss-reactive ketones (excluding diaryl/α,β-unsaturated/α-hetero) is 2. The van der Waals surface area contributed by atoms with Crippen LogP contribution in [0.15, 0.2) is 61.7 Å². The predicted octanol–water partition coefficient (Wildman–Crippen LogP) is 4.82. The van der Waals surface area contributed by atoms with Crippen molar-refractivity contribution in [1.82, 2.24) is 0 Å². The Hall–Kier alpha value is -2.74. The summed E-state index contributed by atoms with van der Waals surface area (Å²) < 4.78 is 0. The summed E-state index contributed by atoms with van der Waals surface area (Å²) in [7, 11) is 0. The molecule has 0 atom stereocenters. The third-order valence-electron chi connectivity index (χ3n) is 3.64. The van der Waals surface area contributed by atoms with Crippen LogP contribution in [0, 0.1) is 0 Å². The zero-order valence-electron chi connectivity index (χ0n) is 12.8. The molecule has 2 heteroatoms. The van der Waals surface area contributed by atoms with Gasteiger partial charge in [0.25, 0.3) is 0 Å². The third-order valence-corrected chi connectivity index (χ3v) is 3.64. The molecule has 2 aromatic rings. The van der Waals surface area contributed by atoms with E-state index in [9.17, 15) is 9.59 Å². The van der Waals surface area contributed by atoms with E-state index in [0.717, 1.165) is 22.3 Å². The summed E-state index contributed by atoms with van der Waals surface area (Å²) in [5.41, 5.74) is 4.79. The molecule has 0 aromatic heterocycles. The Labute approximate surface area is 130 Å². The molecule has 2 aromatic carbocycles. The molecule has 2 rings (SSSR count). The minimum atomic E-state index is 0.0378. The molecule has 0 radical (unpaired) electrons. The SMILES string of the molecule is C=C(C(=C)c1ccc(C(C)=O)cc1)c1ccc(C(C)=O)cc1. The largest absolute Gasteiger partial charge is 0.295 e. The van der Waals surface area contributed by atoms with Gasteiger partial charge in [-0.2, -0.15) is 0 Å². The Morgan fingerprint density at radius 2 is 0.818 bits per heavy atom. The Morgan fingerprint density at radius 1 is 0.591 bits per heavy atom. The maximum Gasteiger partial charge on any atom is 0.159 e. The first-order chi connectivity index (χ1) is 10.4. The first-order valence-corrected chi connectivity index (χ1v) is 7.01. The van der Waals surface area contributed by atoms with Gasteiger partial charge in [-0.1, -0.05) is 61.7 Å². The summed E-state index contributed by atoms with van der Waals surface area (Å²) in [4.78, 5) is 22.6. The van der Waals surface area contributed by atoms with Gasteiger partial charge in [-0.05, 0) is 36.1 Å². The summed E-state index contributed by atoms with van der Waals surface area (Å²) in [5, 5.41) is 0. The number of benzene rings is 2. The lowest BCUT2D eigenvalue weighted by molar-refractivity contribution is 0.100. The molecule has 0 aliphatic carbocycles. The van der Waals surface area contributed by atoms with Gasteiger partial charge < -0.3 is 0 Å². The Balaban J connectivity index is 2.23. The third kappa shape index (κ3) is 3.29. The average molecular weight is 290 g/mol. The summed E-state index contributed by atoms with van der Waals surface area (Å²) >= 11 is 0. The zero-order chi connectivity index (χ0) is 16.3. The molecule has 0 unspecified atom stereocenters. The van der Waals surface area contributed by atoms with Crippen LogP contribution in [0.3, 0.4) is 0 Å². The van der Waals surface area contributed by atoms with Crippen molar-refractivity contribution in [3.63, 3.8) is 0 Å². The first-order valence-electron chi connectivity index (χ1n) is 7.01. The Morgan fingerprint density at radius 3 is 1.05 bits per heavy atom. The number of hydrogen-bond donors (Lipinski definition) is 0. The fourth-order valence-corrected chi connectivity index (χ4v) is 2.16. The van der Waals surface area contributed by atoms with Gasteiger partial charge in [0.2, 0.25) is 0 Å². The standard InChI is InChI=1S/C20H18O2/c1-13(17-5-9-19(10-6-17)15(3)21)14(2)18-7-11-20(12-8-18)16(4)22/h5-12H,1-2H2,3-4H3. The second-order valence-corrected chi connectivity index (χ2v) is 5.22. The molecule has 2 nitrogen and oxygen atoms in total. The van der Waals surface area contributed by atoms with Crippen molar-refractivity contribution < 1.29 is 9.59 Å². The maximum atomic E-state index is 11.3. The molecule has 0 heterocycles. The minimum Gasteiger partial charge on any atom is -0.295 e. The smallest absolute Gasteiger partial charge is 0.159 e. The Kier molecular flexibility index (Phi) is 4.52. The molecule has 0 bridgehead atoms. The molecular formula is C20H18O2. The molecule has 0 N–H and O–H groups in total. The number of carbonyl (C=O) groups is 2. The van der Waals surface area contributed by atoms with Crippen LogP contribution in [0.5, 0.6) is 0 Å². The van der Waals surface area contributed by atoms with E-state index < -0.39 is 0 Å². The highest BCUT2D eigenvalue weighted by atomic mass is 16.1. The van der Waals surface area contributed by atoms with Crippen LogP contribution in [0.25, 0.3) is 11.1 Å². The van der Waals surface area contributed by atoms with Crippen molar-refractivity contribution in [3.05, 3.63) is 83.9 Å². The number of rotatable bonds is 5. The molecule has 0 aliphatic heterocycles. The van der Waals surface area contributed by atoms with E-state index in [-0.39, 0.29) is 11.6 Å². The fraction of sp³-hybridized carbons (Fsp3) is 0.100. The topological polar surface area (TPSA) is 34.1 Å². The lowest BCUT2D eigenvalue weighted by Crippen LogP contribution is -1.94. The van der Waals surface area contributed by atoms with Crippen molar-refractivity contribution >= 4 is 22.7 Å². The van der Waals surface area contributed by atoms with E-state index in [4.69, 9.17) is 0 Å². The second-order valence-electron chi connectivity index (χ2n) is 5.22.